The summed E-state index contributed by atoms with van der Waals surface area (Å²) in [5.41, 5.74) is 5.19. The average Bonchev–Trinajstić information content (AvgIpc) is 2.68. The van der Waals surface area contributed by atoms with Crippen molar-refractivity contribution < 1.29 is 4.79 Å². The van der Waals surface area contributed by atoms with Gasteiger partial charge < -0.3 is 5.32 Å². The summed E-state index contributed by atoms with van der Waals surface area (Å²) in [4.78, 5) is 13.9. The van der Waals surface area contributed by atoms with Crippen LogP contribution in [0.1, 0.15) is 46.8 Å². The van der Waals surface area contributed by atoms with Gasteiger partial charge in [0.2, 0.25) is 0 Å². The molecule has 3 heteroatoms. The minimum atomic E-state index is -0.0687. The van der Waals surface area contributed by atoms with E-state index in [0.717, 1.165) is 17.0 Å². The molecule has 1 N–H and O–H groups in total. The summed E-state index contributed by atoms with van der Waals surface area (Å²) in [6, 6.07) is 24.4. The van der Waals surface area contributed by atoms with Crippen molar-refractivity contribution in [2.75, 3.05) is 5.32 Å². The second-order valence-electron chi connectivity index (χ2n) is 6.99. The molecule has 3 rings (SSSR count). The molecule has 0 atom stereocenters. The number of anilines is 1. The highest BCUT2D eigenvalue weighted by Crippen LogP contribution is 2.25. The Balaban J connectivity index is 1.63. The van der Waals surface area contributed by atoms with Crippen molar-refractivity contribution in [3.63, 3.8) is 0 Å². The van der Waals surface area contributed by atoms with Crippen molar-refractivity contribution in [1.29, 1.82) is 0 Å². The predicted molar refractivity (Wildman–Crippen MR) is 116 cm³/mol. The number of rotatable bonds is 6. The first-order valence-corrected chi connectivity index (χ1v) is 10.2. The Bertz CT molecular complexity index is 898. The van der Waals surface area contributed by atoms with Crippen molar-refractivity contribution >= 4 is 23.4 Å². The molecule has 2 nitrogen and oxygen atoms in total. The quantitative estimate of drug-likeness (QED) is 0.488. The molecule has 0 saturated heterocycles. The molecule has 27 heavy (non-hydrogen) atoms. The van der Waals surface area contributed by atoms with Gasteiger partial charge in [-0.1, -0.05) is 61.9 Å². The number of thioether (sulfide) groups is 1. The highest BCUT2D eigenvalue weighted by Gasteiger charge is 2.11. The van der Waals surface area contributed by atoms with E-state index in [4.69, 9.17) is 0 Å². The molecule has 0 aliphatic rings. The summed E-state index contributed by atoms with van der Waals surface area (Å²) in [5, 5.41) is 3.05. The smallest absolute Gasteiger partial charge is 0.255 e. The second-order valence-corrected chi connectivity index (χ2v) is 8.04. The SMILES string of the molecule is Cc1ccc(SCc2ccc(C(=O)Nc3ccccc3C(C)C)cc2)cc1. The Hall–Kier alpha value is -2.52. The lowest BCUT2D eigenvalue weighted by Crippen LogP contribution is -2.13. The lowest BCUT2D eigenvalue weighted by molar-refractivity contribution is 0.102. The first kappa shape index (κ1) is 19.2. The van der Waals surface area contributed by atoms with Crippen molar-refractivity contribution in [2.45, 2.75) is 37.3 Å². The number of benzene rings is 3. The first-order chi connectivity index (χ1) is 13.0. The molecule has 0 aliphatic carbocycles. The number of carbonyl (C=O) groups excluding carboxylic acids is 1. The zero-order valence-corrected chi connectivity index (χ0v) is 16.8. The van der Waals surface area contributed by atoms with E-state index in [9.17, 15) is 4.79 Å². The van der Waals surface area contributed by atoms with Gasteiger partial charge in [0.15, 0.2) is 0 Å². The largest absolute Gasteiger partial charge is 0.322 e. The van der Waals surface area contributed by atoms with Crippen LogP contribution in [0.5, 0.6) is 0 Å². The number of aryl methyl sites for hydroxylation is 1. The van der Waals surface area contributed by atoms with Gasteiger partial charge in [-0.3, -0.25) is 4.79 Å². The molecule has 138 valence electrons. The lowest BCUT2D eigenvalue weighted by atomic mass is 10.0. The lowest BCUT2D eigenvalue weighted by Gasteiger charge is -2.13. The number of hydrogen-bond donors (Lipinski definition) is 1. The maximum Gasteiger partial charge on any atom is 0.255 e. The van der Waals surface area contributed by atoms with E-state index in [1.165, 1.54) is 16.0 Å². The van der Waals surface area contributed by atoms with E-state index in [1.807, 2.05) is 42.5 Å². The van der Waals surface area contributed by atoms with Gasteiger partial charge in [-0.15, -0.1) is 11.8 Å². The molecule has 3 aromatic rings. The van der Waals surface area contributed by atoms with Crippen LogP contribution < -0.4 is 5.32 Å². The normalized spacial score (nSPS) is 10.8. The summed E-state index contributed by atoms with van der Waals surface area (Å²) in [6.07, 6.45) is 0. The number of hydrogen-bond acceptors (Lipinski definition) is 2. The minimum Gasteiger partial charge on any atom is -0.322 e. The molecule has 0 fully saturated rings. The zero-order valence-electron chi connectivity index (χ0n) is 16.0. The van der Waals surface area contributed by atoms with Crippen LogP contribution in [0.2, 0.25) is 0 Å². The number of amides is 1. The molecule has 3 aromatic carbocycles. The maximum atomic E-state index is 12.6. The van der Waals surface area contributed by atoms with Crippen LogP contribution in [0.4, 0.5) is 5.69 Å². The van der Waals surface area contributed by atoms with Gasteiger partial charge in [0, 0.05) is 21.9 Å². The highest BCUT2D eigenvalue weighted by molar-refractivity contribution is 7.98. The van der Waals surface area contributed by atoms with Crippen molar-refractivity contribution in [3.8, 4) is 0 Å². The Morgan fingerprint density at radius 1 is 0.926 bits per heavy atom. The maximum absolute atomic E-state index is 12.6. The number of carbonyl (C=O) groups is 1. The van der Waals surface area contributed by atoms with Gasteiger partial charge in [-0.05, 0) is 54.3 Å². The molecule has 0 bridgehead atoms. The summed E-state index contributed by atoms with van der Waals surface area (Å²) in [5.74, 6) is 1.18. The van der Waals surface area contributed by atoms with E-state index in [-0.39, 0.29) is 5.91 Å². The van der Waals surface area contributed by atoms with Crippen molar-refractivity contribution in [1.82, 2.24) is 0 Å². The van der Waals surface area contributed by atoms with E-state index in [2.05, 4.69) is 56.4 Å². The average molecular weight is 376 g/mol. The van der Waals surface area contributed by atoms with Crippen LogP contribution in [0.3, 0.4) is 0 Å². The number of para-hydroxylation sites is 1. The molecule has 0 unspecified atom stereocenters. The summed E-state index contributed by atoms with van der Waals surface area (Å²) in [7, 11) is 0. The third kappa shape index (κ3) is 5.24. The molecular weight excluding hydrogens is 350 g/mol. The van der Waals surface area contributed by atoms with Gasteiger partial charge in [0.25, 0.3) is 5.91 Å². The topological polar surface area (TPSA) is 29.1 Å². The molecular formula is C24H25NOS. The van der Waals surface area contributed by atoms with Crippen LogP contribution in [0.25, 0.3) is 0 Å². The molecule has 0 aromatic heterocycles. The van der Waals surface area contributed by atoms with E-state index in [0.29, 0.717) is 11.5 Å². The summed E-state index contributed by atoms with van der Waals surface area (Å²) < 4.78 is 0. The zero-order chi connectivity index (χ0) is 19.2. The van der Waals surface area contributed by atoms with Crippen LogP contribution in [-0.4, -0.2) is 5.91 Å². The third-order valence-corrected chi connectivity index (χ3v) is 5.56. The van der Waals surface area contributed by atoms with E-state index >= 15 is 0 Å². The minimum absolute atomic E-state index is 0.0687. The fourth-order valence-corrected chi connectivity index (χ4v) is 3.72. The fraction of sp³-hybridized carbons (Fsp3) is 0.208. The highest BCUT2D eigenvalue weighted by atomic mass is 32.2. The summed E-state index contributed by atoms with van der Waals surface area (Å²) >= 11 is 1.80. The van der Waals surface area contributed by atoms with Gasteiger partial charge in [-0.25, -0.2) is 0 Å². The Morgan fingerprint density at radius 3 is 2.26 bits per heavy atom. The fourth-order valence-electron chi connectivity index (χ4n) is 2.86. The van der Waals surface area contributed by atoms with Crippen LogP contribution >= 0.6 is 11.8 Å². The van der Waals surface area contributed by atoms with Gasteiger partial charge in [-0.2, -0.15) is 0 Å². The third-order valence-electron chi connectivity index (χ3n) is 4.47. The van der Waals surface area contributed by atoms with E-state index < -0.39 is 0 Å². The molecule has 0 radical (unpaired) electrons. The van der Waals surface area contributed by atoms with E-state index in [1.54, 1.807) is 11.8 Å². The first-order valence-electron chi connectivity index (χ1n) is 9.21. The Labute approximate surface area is 166 Å². The van der Waals surface area contributed by atoms with Crippen molar-refractivity contribution in [3.05, 3.63) is 95.1 Å². The van der Waals surface area contributed by atoms with Crippen LogP contribution in [0.15, 0.2) is 77.7 Å². The molecule has 0 spiro atoms. The molecule has 0 heterocycles. The monoisotopic (exact) mass is 375 g/mol. The second kappa shape index (κ2) is 8.92. The molecule has 0 aliphatic heterocycles. The number of nitrogens with one attached hydrogen (secondary N) is 1. The van der Waals surface area contributed by atoms with Gasteiger partial charge in [0.1, 0.15) is 0 Å². The summed E-state index contributed by atoms with van der Waals surface area (Å²) in [6.45, 7) is 6.36. The Morgan fingerprint density at radius 2 is 1.59 bits per heavy atom. The molecule has 0 saturated carbocycles. The van der Waals surface area contributed by atoms with Crippen LogP contribution in [0, 0.1) is 6.92 Å². The predicted octanol–water partition coefficient (Wildman–Crippen LogP) is 6.66. The standard InChI is InChI=1S/C24H25NOS/c1-17(2)22-6-4-5-7-23(22)25-24(26)20-12-10-19(11-13-20)16-27-21-14-8-18(3)9-15-21/h4-15,17H,16H2,1-3H3,(H,25,26). The Kier molecular flexibility index (Phi) is 6.36. The van der Waals surface area contributed by atoms with Crippen LogP contribution in [-0.2, 0) is 5.75 Å². The van der Waals surface area contributed by atoms with Gasteiger partial charge in [0.05, 0.1) is 0 Å². The van der Waals surface area contributed by atoms with Crippen molar-refractivity contribution in [2.24, 2.45) is 0 Å². The molecule has 1 amide bonds. The van der Waals surface area contributed by atoms with Gasteiger partial charge >= 0.3 is 0 Å².